The van der Waals surface area contributed by atoms with E-state index >= 15 is 0 Å². The van der Waals surface area contributed by atoms with Crippen LogP contribution in [0.5, 0.6) is 0 Å². The van der Waals surface area contributed by atoms with Crippen molar-refractivity contribution in [1.29, 1.82) is 0 Å². The van der Waals surface area contributed by atoms with Crippen molar-refractivity contribution < 1.29 is 0 Å². The van der Waals surface area contributed by atoms with Crippen LogP contribution in [0, 0.1) is 0 Å². The van der Waals surface area contributed by atoms with Crippen molar-refractivity contribution in [3.05, 3.63) is 53.7 Å². The van der Waals surface area contributed by atoms with E-state index in [0.717, 1.165) is 32.1 Å². The van der Waals surface area contributed by atoms with Crippen LogP contribution in [0.25, 0.3) is 10.1 Å². The van der Waals surface area contributed by atoms with Gasteiger partial charge in [0.25, 0.3) is 0 Å². The number of nitrogens with two attached hydrogens (primary N) is 1. The summed E-state index contributed by atoms with van der Waals surface area (Å²) in [7, 11) is 0. The highest BCUT2D eigenvalue weighted by molar-refractivity contribution is 14.0. The van der Waals surface area contributed by atoms with Crippen LogP contribution >= 0.6 is 35.3 Å². The summed E-state index contributed by atoms with van der Waals surface area (Å²) in [6, 6.07) is 10.2. The molecule has 0 amide bonds. The topological polar surface area (TPSA) is 70.6 Å². The molecule has 0 bridgehead atoms. The van der Waals surface area contributed by atoms with Gasteiger partial charge in [-0.1, -0.05) is 18.2 Å². The van der Waals surface area contributed by atoms with Crippen LogP contribution in [-0.2, 0) is 6.54 Å². The Morgan fingerprint density at radius 2 is 1.81 bits per heavy atom. The van der Waals surface area contributed by atoms with E-state index in [1.807, 2.05) is 6.07 Å². The largest absolute Gasteiger partial charge is 0.370 e. The first-order valence-corrected chi connectivity index (χ1v) is 9.21. The molecule has 2 N–H and O–H groups in total. The van der Waals surface area contributed by atoms with E-state index < -0.39 is 0 Å². The van der Waals surface area contributed by atoms with Gasteiger partial charge in [-0.2, -0.15) is 0 Å². The monoisotopic (exact) mass is 480 g/mol. The molecular formula is C18H21IN6S. The van der Waals surface area contributed by atoms with Crippen LogP contribution in [0.15, 0.2) is 53.1 Å². The third-order valence-electron chi connectivity index (χ3n) is 4.41. The molecule has 6 nitrogen and oxygen atoms in total. The van der Waals surface area contributed by atoms with Gasteiger partial charge in [0.1, 0.15) is 0 Å². The fraction of sp³-hybridized carbons (Fsp3) is 0.278. The van der Waals surface area contributed by atoms with E-state index in [9.17, 15) is 0 Å². The Hall–Kier alpha value is -1.94. The van der Waals surface area contributed by atoms with Gasteiger partial charge in [0, 0.05) is 43.3 Å². The molecule has 3 aromatic rings. The molecule has 0 saturated carbocycles. The number of anilines is 1. The van der Waals surface area contributed by atoms with Crippen LogP contribution in [0.2, 0.25) is 0 Å². The maximum atomic E-state index is 6.22. The third kappa shape index (κ3) is 4.07. The van der Waals surface area contributed by atoms with Gasteiger partial charge in [-0.15, -0.1) is 35.3 Å². The maximum Gasteiger partial charge on any atom is 0.225 e. The number of guanidine groups is 1. The molecule has 1 fully saturated rings. The number of rotatable bonds is 3. The number of benzene rings is 1. The molecule has 8 heteroatoms. The Bertz CT molecular complexity index is 874. The van der Waals surface area contributed by atoms with Crippen molar-refractivity contribution in [2.75, 3.05) is 31.1 Å². The Balaban J connectivity index is 0.00000196. The molecule has 0 unspecified atom stereocenters. The predicted molar refractivity (Wildman–Crippen MR) is 118 cm³/mol. The van der Waals surface area contributed by atoms with Crippen LogP contribution in [0.1, 0.15) is 5.56 Å². The van der Waals surface area contributed by atoms with Crippen LogP contribution in [0.4, 0.5) is 5.95 Å². The van der Waals surface area contributed by atoms with Gasteiger partial charge in [0.2, 0.25) is 5.95 Å². The molecular weight excluding hydrogens is 459 g/mol. The molecule has 4 rings (SSSR count). The fourth-order valence-corrected chi connectivity index (χ4v) is 3.97. The molecule has 3 heterocycles. The first-order chi connectivity index (χ1) is 12.3. The number of aromatic nitrogens is 2. The number of piperazine rings is 1. The summed E-state index contributed by atoms with van der Waals surface area (Å²) < 4.78 is 1.29. The molecule has 26 heavy (non-hydrogen) atoms. The number of hydrogen-bond acceptors (Lipinski definition) is 5. The van der Waals surface area contributed by atoms with Crippen molar-refractivity contribution in [2.45, 2.75) is 6.54 Å². The van der Waals surface area contributed by atoms with E-state index in [-0.39, 0.29) is 24.0 Å². The maximum absolute atomic E-state index is 6.22. The average molecular weight is 480 g/mol. The van der Waals surface area contributed by atoms with Gasteiger partial charge in [0.15, 0.2) is 5.96 Å². The van der Waals surface area contributed by atoms with Gasteiger partial charge in [-0.25, -0.2) is 15.0 Å². The number of fused-ring (bicyclic) bond motifs is 1. The Morgan fingerprint density at radius 3 is 2.58 bits per heavy atom. The van der Waals surface area contributed by atoms with Gasteiger partial charge in [-0.3, -0.25) is 0 Å². The molecule has 0 aliphatic carbocycles. The smallest absolute Gasteiger partial charge is 0.225 e. The molecule has 0 atom stereocenters. The van der Waals surface area contributed by atoms with E-state index in [2.05, 4.69) is 54.4 Å². The van der Waals surface area contributed by atoms with Crippen molar-refractivity contribution in [3.8, 4) is 0 Å². The summed E-state index contributed by atoms with van der Waals surface area (Å²) >= 11 is 1.75. The van der Waals surface area contributed by atoms with Gasteiger partial charge in [0.05, 0.1) is 6.54 Å². The Labute approximate surface area is 173 Å². The number of hydrogen-bond donors (Lipinski definition) is 1. The summed E-state index contributed by atoms with van der Waals surface area (Å²) in [5.41, 5.74) is 7.46. The summed E-state index contributed by atoms with van der Waals surface area (Å²) in [5, 5.41) is 3.45. The zero-order valence-corrected chi connectivity index (χ0v) is 17.4. The van der Waals surface area contributed by atoms with Crippen molar-refractivity contribution in [1.82, 2.24) is 14.9 Å². The molecule has 1 aliphatic rings. The predicted octanol–water partition coefficient (Wildman–Crippen LogP) is 2.95. The summed E-state index contributed by atoms with van der Waals surface area (Å²) in [4.78, 5) is 17.5. The quantitative estimate of drug-likeness (QED) is 0.355. The number of halogens is 1. The second-order valence-electron chi connectivity index (χ2n) is 5.95. The lowest BCUT2D eigenvalue weighted by Crippen LogP contribution is -2.51. The van der Waals surface area contributed by atoms with Crippen molar-refractivity contribution >= 4 is 57.3 Å². The minimum Gasteiger partial charge on any atom is -0.370 e. The minimum atomic E-state index is 0. The standard InChI is InChI=1S/C18H20N6S.HI/c19-17(22-12-14-13-25-16-5-2-1-4-15(14)16)23-8-10-24(11-9-23)18-20-6-3-7-21-18;/h1-7,13H,8-12H2,(H2,19,22);1H. The number of thiophene rings is 1. The third-order valence-corrected chi connectivity index (χ3v) is 5.42. The van der Waals surface area contributed by atoms with Gasteiger partial charge < -0.3 is 15.5 Å². The summed E-state index contributed by atoms with van der Waals surface area (Å²) in [6.45, 7) is 3.98. The van der Waals surface area contributed by atoms with Crippen LogP contribution in [0.3, 0.4) is 0 Å². The minimum absolute atomic E-state index is 0. The molecule has 1 saturated heterocycles. The zero-order chi connectivity index (χ0) is 17.1. The van der Waals surface area contributed by atoms with Crippen LogP contribution in [-0.4, -0.2) is 47.0 Å². The van der Waals surface area contributed by atoms with Gasteiger partial charge in [-0.05, 0) is 28.5 Å². The number of aliphatic imine (C=N–C) groups is 1. The molecule has 0 radical (unpaired) electrons. The Kier molecular flexibility index (Phi) is 6.25. The molecule has 2 aromatic heterocycles. The van der Waals surface area contributed by atoms with E-state index in [1.165, 1.54) is 15.6 Å². The lowest BCUT2D eigenvalue weighted by atomic mass is 10.2. The molecule has 1 aliphatic heterocycles. The van der Waals surface area contributed by atoms with E-state index in [0.29, 0.717) is 12.5 Å². The first kappa shape index (κ1) is 18.8. The molecule has 1 aromatic carbocycles. The van der Waals surface area contributed by atoms with E-state index in [1.54, 1.807) is 23.7 Å². The first-order valence-electron chi connectivity index (χ1n) is 8.33. The highest BCUT2D eigenvalue weighted by Crippen LogP contribution is 2.26. The van der Waals surface area contributed by atoms with Gasteiger partial charge >= 0.3 is 0 Å². The number of nitrogens with zero attached hydrogens (tertiary/aromatic N) is 5. The normalized spacial score (nSPS) is 15.2. The lowest BCUT2D eigenvalue weighted by molar-refractivity contribution is 0.378. The van der Waals surface area contributed by atoms with Crippen LogP contribution < -0.4 is 10.6 Å². The average Bonchev–Trinajstić information content (AvgIpc) is 3.10. The second-order valence-corrected chi connectivity index (χ2v) is 6.87. The Morgan fingerprint density at radius 1 is 1.08 bits per heavy atom. The van der Waals surface area contributed by atoms with E-state index in [4.69, 9.17) is 5.73 Å². The SMILES string of the molecule is I.NC(=NCc1csc2ccccc12)N1CCN(c2ncccn2)CC1. The second kappa shape index (κ2) is 8.63. The highest BCUT2D eigenvalue weighted by atomic mass is 127. The molecule has 0 spiro atoms. The molecule has 136 valence electrons. The summed E-state index contributed by atoms with van der Waals surface area (Å²) in [6.07, 6.45) is 3.55. The van der Waals surface area contributed by atoms with Crippen molar-refractivity contribution in [2.24, 2.45) is 10.7 Å². The lowest BCUT2D eigenvalue weighted by Gasteiger charge is -2.35. The van der Waals surface area contributed by atoms with Crippen molar-refractivity contribution in [3.63, 3.8) is 0 Å². The summed E-state index contributed by atoms with van der Waals surface area (Å²) in [5.74, 6) is 1.39. The fourth-order valence-electron chi connectivity index (χ4n) is 3.01. The highest BCUT2D eigenvalue weighted by Gasteiger charge is 2.19. The zero-order valence-electron chi connectivity index (χ0n) is 14.3.